The lowest BCUT2D eigenvalue weighted by molar-refractivity contribution is 0.965. The zero-order chi connectivity index (χ0) is 11.8. The van der Waals surface area contributed by atoms with Crippen molar-refractivity contribution in [1.82, 2.24) is 4.98 Å². The molecule has 17 heavy (non-hydrogen) atoms. The second kappa shape index (κ2) is 4.15. The number of benzene rings is 1. The molecule has 1 aliphatic heterocycles. The summed E-state index contributed by atoms with van der Waals surface area (Å²) in [6.45, 7) is 3.13. The minimum Gasteiger partial charge on any atom is -0.326 e. The van der Waals surface area contributed by atoms with E-state index in [2.05, 4.69) is 63.1 Å². The monoisotopic (exact) mass is 288 g/mol. The lowest BCUT2D eigenvalue weighted by Crippen LogP contribution is -2.15. The molecule has 0 amide bonds. The Morgan fingerprint density at radius 1 is 1.29 bits per heavy atom. The van der Waals surface area contributed by atoms with Gasteiger partial charge in [0.2, 0.25) is 0 Å². The van der Waals surface area contributed by atoms with Crippen LogP contribution < -0.4 is 4.90 Å². The standard InChI is InChI=1S/C14H13BrN2/c1-10-8-12(15)9-16-14(10)17-7-6-11-4-2-3-5-13(11)17/h2-5,8-9H,6-7H2,1H3. The van der Waals surface area contributed by atoms with Crippen molar-refractivity contribution in [3.05, 3.63) is 52.1 Å². The van der Waals surface area contributed by atoms with Crippen molar-refractivity contribution in [2.24, 2.45) is 0 Å². The number of pyridine rings is 1. The van der Waals surface area contributed by atoms with Crippen molar-refractivity contribution in [3.8, 4) is 0 Å². The van der Waals surface area contributed by atoms with Crippen molar-refractivity contribution in [1.29, 1.82) is 0 Å². The van der Waals surface area contributed by atoms with Gasteiger partial charge in [-0.1, -0.05) is 18.2 Å². The third kappa shape index (κ3) is 1.84. The van der Waals surface area contributed by atoms with Gasteiger partial charge in [0, 0.05) is 22.9 Å². The average molecular weight is 289 g/mol. The van der Waals surface area contributed by atoms with Crippen LogP contribution in [-0.2, 0) is 6.42 Å². The molecule has 1 aliphatic rings. The average Bonchev–Trinajstić information content (AvgIpc) is 2.73. The van der Waals surface area contributed by atoms with Gasteiger partial charge < -0.3 is 4.90 Å². The number of fused-ring (bicyclic) bond motifs is 1. The van der Waals surface area contributed by atoms with Gasteiger partial charge >= 0.3 is 0 Å². The van der Waals surface area contributed by atoms with E-state index in [0.29, 0.717) is 0 Å². The fourth-order valence-electron chi connectivity index (χ4n) is 2.37. The van der Waals surface area contributed by atoms with E-state index in [4.69, 9.17) is 0 Å². The molecule has 0 saturated heterocycles. The second-order valence-corrected chi connectivity index (χ2v) is 5.24. The van der Waals surface area contributed by atoms with Crippen LogP contribution in [0.15, 0.2) is 41.0 Å². The van der Waals surface area contributed by atoms with Crippen LogP contribution in [0.2, 0.25) is 0 Å². The van der Waals surface area contributed by atoms with Crippen molar-refractivity contribution in [3.63, 3.8) is 0 Å². The van der Waals surface area contributed by atoms with Crippen LogP contribution in [0.4, 0.5) is 11.5 Å². The van der Waals surface area contributed by atoms with E-state index in [-0.39, 0.29) is 0 Å². The topological polar surface area (TPSA) is 16.1 Å². The summed E-state index contributed by atoms with van der Waals surface area (Å²) in [7, 11) is 0. The van der Waals surface area contributed by atoms with Crippen molar-refractivity contribution in [2.45, 2.75) is 13.3 Å². The lowest BCUT2D eigenvalue weighted by Gasteiger charge is -2.20. The number of aryl methyl sites for hydroxylation is 1. The molecular formula is C14H13BrN2. The van der Waals surface area contributed by atoms with Gasteiger partial charge in [0.1, 0.15) is 5.82 Å². The van der Waals surface area contributed by atoms with Gasteiger partial charge in [-0.25, -0.2) is 4.98 Å². The summed E-state index contributed by atoms with van der Waals surface area (Å²) < 4.78 is 1.03. The van der Waals surface area contributed by atoms with Crippen LogP contribution in [0.1, 0.15) is 11.1 Å². The summed E-state index contributed by atoms with van der Waals surface area (Å²) in [6.07, 6.45) is 2.97. The molecule has 0 unspecified atom stereocenters. The normalized spacial score (nSPS) is 13.9. The summed E-state index contributed by atoms with van der Waals surface area (Å²) >= 11 is 3.46. The first-order valence-corrected chi connectivity index (χ1v) is 6.52. The van der Waals surface area contributed by atoms with Gasteiger partial charge in [-0.05, 0) is 52.5 Å². The van der Waals surface area contributed by atoms with Gasteiger partial charge in [0.25, 0.3) is 0 Å². The van der Waals surface area contributed by atoms with Crippen molar-refractivity contribution >= 4 is 27.4 Å². The Hall–Kier alpha value is -1.35. The number of aromatic nitrogens is 1. The van der Waals surface area contributed by atoms with E-state index in [1.165, 1.54) is 16.8 Å². The molecule has 2 aromatic rings. The molecule has 1 aromatic carbocycles. The summed E-state index contributed by atoms with van der Waals surface area (Å²) in [5.41, 5.74) is 3.91. The van der Waals surface area contributed by atoms with Crippen molar-refractivity contribution < 1.29 is 0 Å². The predicted octanol–water partition coefficient (Wildman–Crippen LogP) is 3.85. The number of para-hydroxylation sites is 1. The molecule has 2 nitrogen and oxygen atoms in total. The molecule has 0 bridgehead atoms. The highest BCUT2D eigenvalue weighted by Gasteiger charge is 2.21. The maximum atomic E-state index is 4.54. The van der Waals surface area contributed by atoms with E-state index in [0.717, 1.165) is 23.3 Å². The van der Waals surface area contributed by atoms with Crippen LogP contribution in [0.25, 0.3) is 0 Å². The maximum Gasteiger partial charge on any atom is 0.135 e. The number of halogens is 1. The molecule has 0 radical (unpaired) electrons. The molecular weight excluding hydrogens is 276 g/mol. The summed E-state index contributed by atoms with van der Waals surface area (Å²) in [4.78, 5) is 6.84. The van der Waals surface area contributed by atoms with Crippen LogP contribution in [0, 0.1) is 6.92 Å². The minimum atomic E-state index is 1.02. The van der Waals surface area contributed by atoms with E-state index >= 15 is 0 Å². The van der Waals surface area contributed by atoms with Crippen LogP contribution in [-0.4, -0.2) is 11.5 Å². The molecule has 86 valence electrons. The lowest BCUT2D eigenvalue weighted by atomic mass is 10.2. The minimum absolute atomic E-state index is 1.02. The Morgan fingerprint density at radius 2 is 2.12 bits per heavy atom. The maximum absolute atomic E-state index is 4.54. The Balaban J connectivity index is 2.07. The van der Waals surface area contributed by atoms with Crippen LogP contribution >= 0.6 is 15.9 Å². The largest absolute Gasteiger partial charge is 0.326 e. The van der Waals surface area contributed by atoms with Gasteiger partial charge in [-0.15, -0.1) is 0 Å². The Labute approximate surface area is 109 Å². The number of hydrogen-bond acceptors (Lipinski definition) is 2. The Kier molecular flexibility index (Phi) is 2.63. The van der Waals surface area contributed by atoms with Crippen LogP contribution in [0.5, 0.6) is 0 Å². The molecule has 0 aliphatic carbocycles. The highest BCUT2D eigenvalue weighted by Crippen LogP contribution is 2.35. The predicted molar refractivity (Wildman–Crippen MR) is 73.8 cm³/mol. The molecule has 0 fully saturated rings. The molecule has 0 saturated carbocycles. The first-order valence-electron chi connectivity index (χ1n) is 5.73. The number of hydrogen-bond donors (Lipinski definition) is 0. The Bertz CT molecular complexity index is 566. The highest BCUT2D eigenvalue weighted by atomic mass is 79.9. The zero-order valence-electron chi connectivity index (χ0n) is 9.65. The quantitative estimate of drug-likeness (QED) is 0.792. The highest BCUT2D eigenvalue weighted by molar-refractivity contribution is 9.10. The molecule has 0 N–H and O–H groups in total. The van der Waals surface area contributed by atoms with Crippen LogP contribution in [0.3, 0.4) is 0 Å². The first-order chi connectivity index (χ1) is 8.25. The van der Waals surface area contributed by atoms with Crippen molar-refractivity contribution in [2.75, 3.05) is 11.4 Å². The fraction of sp³-hybridized carbons (Fsp3) is 0.214. The van der Waals surface area contributed by atoms with E-state index < -0.39 is 0 Å². The summed E-state index contributed by atoms with van der Waals surface area (Å²) in [6, 6.07) is 10.7. The third-order valence-electron chi connectivity index (χ3n) is 3.16. The first kappa shape index (κ1) is 10.8. The van der Waals surface area contributed by atoms with Gasteiger partial charge in [-0.2, -0.15) is 0 Å². The summed E-state index contributed by atoms with van der Waals surface area (Å²) in [5, 5.41) is 0. The molecule has 3 rings (SSSR count). The molecule has 2 heterocycles. The van der Waals surface area contributed by atoms with Gasteiger partial charge in [-0.3, -0.25) is 0 Å². The molecule has 3 heteroatoms. The summed E-state index contributed by atoms with van der Waals surface area (Å²) in [5.74, 6) is 1.07. The van der Waals surface area contributed by atoms with Gasteiger partial charge in [0.05, 0.1) is 0 Å². The molecule has 0 spiro atoms. The SMILES string of the molecule is Cc1cc(Br)cnc1N1CCc2ccccc21. The Morgan fingerprint density at radius 3 is 2.94 bits per heavy atom. The van der Waals surface area contributed by atoms with Gasteiger partial charge in [0.15, 0.2) is 0 Å². The molecule has 0 atom stereocenters. The number of nitrogens with zero attached hydrogens (tertiary/aromatic N) is 2. The fourth-order valence-corrected chi connectivity index (χ4v) is 2.82. The third-order valence-corrected chi connectivity index (χ3v) is 3.59. The molecule has 1 aromatic heterocycles. The number of anilines is 2. The second-order valence-electron chi connectivity index (χ2n) is 4.32. The smallest absolute Gasteiger partial charge is 0.135 e. The number of rotatable bonds is 1. The van der Waals surface area contributed by atoms with E-state index in [9.17, 15) is 0 Å². The van der Waals surface area contributed by atoms with E-state index in [1.54, 1.807) is 0 Å². The van der Waals surface area contributed by atoms with E-state index in [1.807, 2.05) is 6.20 Å². The zero-order valence-corrected chi connectivity index (χ0v) is 11.2.